The summed E-state index contributed by atoms with van der Waals surface area (Å²) in [6.45, 7) is 1.50. The highest BCUT2D eigenvalue weighted by atomic mass is 35.5. The second kappa shape index (κ2) is 8.07. The number of hydrogen-bond donors (Lipinski definition) is 2. The minimum absolute atomic E-state index is 0.0769. The van der Waals surface area contributed by atoms with Crippen LogP contribution in [0.4, 0.5) is 5.69 Å². The van der Waals surface area contributed by atoms with Crippen molar-refractivity contribution in [3.63, 3.8) is 0 Å². The van der Waals surface area contributed by atoms with Gasteiger partial charge < -0.3 is 15.2 Å². The van der Waals surface area contributed by atoms with Crippen molar-refractivity contribution in [2.75, 3.05) is 18.4 Å². The molecule has 2 amide bonds. The Balaban J connectivity index is 1.46. The molecule has 1 fully saturated rings. The van der Waals surface area contributed by atoms with Gasteiger partial charge in [0.15, 0.2) is 0 Å². The van der Waals surface area contributed by atoms with Crippen molar-refractivity contribution in [2.24, 2.45) is 0 Å². The van der Waals surface area contributed by atoms with E-state index in [2.05, 4.69) is 10.3 Å². The lowest BCUT2D eigenvalue weighted by Crippen LogP contribution is -2.29. The van der Waals surface area contributed by atoms with Crippen LogP contribution in [-0.2, 0) is 11.2 Å². The lowest BCUT2D eigenvalue weighted by Gasteiger charge is -2.18. The third-order valence-electron chi connectivity index (χ3n) is 5.18. The molecule has 0 spiro atoms. The first kappa shape index (κ1) is 18.6. The standard InChI is InChI=1S/C22H22ClN3O2/c23-16-8-9-20(18(13-16)22(28)26-11-3-4-12-26)25-21(27)10-7-15-14-24-19-6-2-1-5-17(15)19/h1-2,5-6,8-9,13-14,24H,3-4,7,10-12H2,(H,25,27). The topological polar surface area (TPSA) is 65.2 Å². The van der Waals surface area contributed by atoms with Gasteiger partial charge in [0.05, 0.1) is 11.3 Å². The highest BCUT2D eigenvalue weighted by Crippen LogP contribution is 2.25. The number of hydrogen-bond acceptors (Lipinski definition) is 2. The molecule has 2 N–H and O–H groups in total. The summed E-state index contributed by atoms with van der Waals surface area (Å²) in [7, 11) is 0. The quantitative estimate of drug-likeness (QED) is 0.661. The van der Waals surface area contributed by atoms with E-state index in [0.717, 1.165) is 42.4 Å². The van der Waals surface area contributed by atoms with E-state index in [1.165, 1.54) is 0 Å². The summed E-state index contributed by atoms with van der Waals surface area (Å²) < 4.78 is 0. The third-order valence-corrected chi connectivity index (χ3v) is 5.41. The summed E-state index contributed by atoms with van der Waals surface area (Å²) in [5, 5.41) is 4.51. The van der Waals surface area contributed by atoms with Gasteiger partial charge in [0.25, 0.3) is 5.91 Å². The van der Waals surface area contributed by atoms with Gasteiger partial charge in [-0.2, -0.15) is 0 Å². The van der Waals surface area contributed by atoms with Crippen LogP contribution in [0.3, 0.4) is 0 Å². The number of anilines is 1. The van der Waals surface area contributed by atoms with Crippen LogP contribution in [-0.4, -0.2) is 34.8 Å². The Kier molecular flexibility index (Phi) is 5.35. The number of rotatable bonds is 5. The van der Waals surface area contributed by atoms with Crippen molar-refractivity contribution in [2.45, 2.75) is 25.7 Å². The summed E-state index contributed by atoms with van der Waals surface area (Å²) in [5.41, 5.74) is 3.14. The largest absolute Gasteiger partial charge is 0.361 e. The second-order valence-corrected chi connectivity index (χ2v) is 7.53. The number of para-hydroxylation sites is 1. The molecule has 144 valence electrons. The van der Waals surface area contributed by atoms with Gasteiger partial charge in [-0.3, -0.25) is 9.59 Å². The molecular weight excluding hydrogens is 374 g/mol. The number of aromatic nitrogens is 1. The van der Waals surface area contributed by atoms with E-state index < -0.39 is 0 Å². The van der Waals surface area contributed by atoms with Crippen molar-refractivity contribution in [1.29, 1.82) is 0 Å². The molecule has 28 heavy (non-hydrogen) atoms. The third kappa shape index (κ3) is 3.90. The van der Waals surface area contributed by atoms with Crippen molar-refractivity contribution in [1.82, 2.24) is 9.88 Å². The molecule has 0 unspecified atom stereocenters. The Morgan fingerprint density at radius 1 is 1.11 bits per heavy atom. The summed E-state index contributed by atoms with van der Waals surface area (Å²) in [5.74, 6) is -0.199. The van der Waals surface area contributed by atoms with Crippen LogP contribution in [0, 0.1) is 0 Å². The van der Waals surface area contributed by atoms with E-state index in [1.807, 2.05) is 35.4 Å². The molecule has 0 atom stereocenters. The zero-order valence-corrected chi connectivity index (χ0v) is 16.3. The van der Waals surface area contributed by atoms with E-state index in [1.54, 1.807) is 18.2 Å². The normalized spacial score (nSPS) is 13.8. The van der Waals surface area contributed by atoms with E-state index in [-0.39, 0.29) is 11.8 Å². The fourth-order valence-corrected chi connectivity index (χ4v) is 3.86. The average molecular weight is 396 g/mol. The molecule has 1 aliphatic heterocycles. The van der Waals surface area contributed by atoms with Crippen LogP contribution < -0.4 is 5.32 Å². The van der Waals surface area contributed by atoms with Gasteiger partial charge in [-0.05, 0) is 49.1 Å². The van der Waals surface area contributed by atoms with E-state index in [4.69, 9.17) is 11.6 Å². The Morgan fingerprint density at radius 3 is 2.71 bits per heavy atom. The zero-order valence-electron chi connectivity index (χ0n) is 15.5. The van der Waals surface area contributed by atoms with Crippen LogP contribution in [0.2, 0.25) is 5.02 Å². The van der Waals surface area contributed by atoms with Gasteiger partial charge in [0.2, 0.25) is 5.91 Å². The summed E-state index contributed by atoms with van der Waals surface area (Å²) in [6, 6.07) is 13.1. The summed E-state index contributed by atoms with van der Waals surface area (Å²) in [4.78, 5) is 30.4. The first-order chi connectivity index (χ1) is 13.6. The van der Waals surface area contributed by atoms with Crippen LogP contribution >= 0.6 is 11.6 Å². The molecule has 4 rings (SSSR count). The second-order valence-electron chi connectivity index (χ2n) is 7.10. The number of nitrogens with zero attached hydrogens (tertiary/aromatic N) is 1. The lowest BCUT2D eigenvalue weighted by molar-refractivity contribution is -0.116. The van der Waals surface area contributed by atoms with Gasteiger partial charge in [0, 0.05) is 41.6 Å². The molecule has 3 aromatic rings. The number of H-pyrrole nitrogens is 1. The molecule has 2 aromatic carbocycles. The number of aryl methyl sites for hydroxylation is 1. The number of carbonyl (C=O) groups excluding carboxylic acids is 2. The first-order valence-corrected chi connectivity index (χ1v) is 9.93. The van der Waals surface area contributed by atoms with Gasteiger partial charge in [-0.25, -0.2) is 0 Å². The summed E-state index contributed by atoms with van der Waals surface area (Å²) in [6.07, 6.45) is 4.93. The number of amides is 2. The van der Waals surface area contributed by atoms with Crippen LogP contribution in [0.15, 0.2) is 48.7 Å². The molecule has 0 bridgehead atoms. The van der Waals surface area contributed by atoms with Crippen LogP contribution in [0.1, 0.15) is 35.2 Å². The maximum absolute atomic E-state index is 12.8. The Bertz CT molecular complexity index is 1020. The van der Waals surface area contributed by atoms with Crippen LogP contribution in [0.25, 0.3) is 10.9 Å². The molecular formula is C22H22ClN3O2. The van der Waals surface area contributed by atoms with Crippen molar-refractivity contribution in [3.8, 4) is 0 Å². The molecule has 1 aliphatic rings. The predicted molar refractivity (Wildman–Crippen MR) is 112 cm³/mol. The number of aromatic amines is 1. The molecule has 6 heteroatoms. The molecule has 0 radical (unpaired) electrons. The van der Waals surface area contributed by atoms with Gasteiger partial charge >= 0.3 is 0 Å². The number of fused-ring (bicyclic) bond motifs is 1. The maximum atomic E-state index is 12.8. The van der Waals surface area contributed by atoms with Crippen molar-refractivity contribution in [3.05, 3.63) is 64.8 Å². The number of likely N-dealkylation sites (tertiary alicyclic amines) is 1. The summed E-state index contributed by atoms with van der Waals surface area (Å²) >= 11 is 6.10. The minimum Gasteiger partial charge on any atom is -0.361 e. The van der Waals surface area contributed by atoms with E-state index in [9.17, 15) is 9.59 Å². The maximum Gasteiger partial charge on any atom is 0.256 e. The Hall–Kier alpha value is -2.79. The van der Waals surface area contributed by atoms with Gasteiger partial charge in [0.1, 0.15) is 0 Å². The predicted octanol–water partition coefficient (Wildman–Crippen LogP) is 4.63. The lowest BCUT2D eigenvalue weighted by atomic mass is 10.1. The fourth-order valence-electron chi connectivity index (χ4n) is 3.69. The highest BCUT2D eigenvalue weighted by molar-refractivity contribution is 6.31. The van der Waals surface area contributed by atoms with E-state index >= 15 is 0 Å². The number of nitrogens with one attached hydrogen (secondary N) is 2. The Labute approximate surface area is 168 Å². The fraction of sp³-hybridized carbons (Fsp3) is 0.273. The smallest absolute Gasteiger partial charge is 0.256 e. The minimum atomic E-state index is -0.122. The van der Waals surface area contributed by atoms with Crippen LogP contribution in [0.5, 0.6) is 0 Å². The van der Waals surface area contributed by atoms with Crippen molar-refractivity contribution < 1.29 is 9.59 Å². The van der Waals surface area contributed by atoms with E-state index in [0.29, 0.717) is 29.1 Å². The van der Waals surface area contributed by atoms with Gasteiger partial charge in [-0.1, -0.05) is 29.8 Å². The molecule has 0 aliphatic carbocycles. The van der Waals surface area contributed by atoms with Gasteiger partial charge in [-0.15, -0.1) is 0 Å². The number of carbonyl (C=O) groups is 2. The first-order valence-electron chi connectivity index (χ1n) is 9.55. The SMILES string of the molecule is O=C(CCc1c[nH]c2ccccc12)Nc1ccc(Cl)cc1C(=O)N1CCCC1. The zero-order chi connectivity index (χ0) is 19.5. The molecule has 1 saturated heterocycles. The number of benzene rings is 2. The average Bonchev–Trinajstić information content (AvgIpc) is 3.37. The molecule has 2 heterocycles. The van der Waals surface area contributed by atoms with Crippen molar-refractivity contribution >= 4 is 40.0 Å². The highest BCUT2D eigenvalue weighted by Gasteiger charge is 2.23. The number of halogens is 1. The monoisotopic (exact) mass is 395 g/mol. The molecule has 0 saturated carbocycles. The molecule has 5 nitrogen and oxygen atoms in total. The Morgan fingerprint density at radius 2 is 1.89 bits per heavy atom. The molecule has 1 aromatic heterocycles.